The summed E-state index contributed by atoms with van der Waals surface area (Å²) in [5.41, 5.74) is 5.56. The Bertz CT molecular complexity index is 620. The molecule has 5 heteroatoms. The van der Waals surface area contributed by atoms with Crippen LogP contribution in [0.15, 0.2) is 46.9 Å². The van der Waals surface area contributed by atoms with Crippen molar-refractivity contribution in [3.05, 3.63) is 48.2 Å². The van der Waals surface area contributed by atoms with Gasteiger partial charge < -0.3 is 19.8 Å². The minimum atomic E-state index is -0.190. The number of ether oxygens (including phenoxy) is 1. The topological polar surface area (TPSA) is 68.7 Å². The van der Waals surface area contributed by atoms with Crippen LogP contribution in [0.2, 0.25) is 0 Å². The molecule has 118 valence electrons. The fraction of sp³-hybridized carbons (Fsp3) is 0.353. The molecule has 0 saturated carbocycles. The number of hydrogen-bond donors (Lipinski definition) is 1. The molecule has 0 saturated heterocycles. The standard InChI is InChI=1S/C17H22N2O3/c1-17(2,11-18)12-19(3)16(20)14-9-10-15(22-14)21-13-7-5-4-6-8-13/h4-10H,11-12,18H2,1-3H3. The van der Waals surface area contributed by atoms with Crippen LogP contribution < -0.4 is 10.5 Å². The zero-order valence-electron chi connectivity index (χ0n) is 13.2. The number of hydrogen-bond acceptors (Lipinski definition) is 4. The smallest absolute Gasteiger partial charge is 0.290 e. The van der Waals surface area contributed by atoms with Crippen LogP contribution in [0.1, 0.15) is 24.4 Å². The van der Waals surface area contributed by atoms with Crippen LogP contribution in [-0.4, -0.2) is 30.9 Å². The molecule has 2 rings (SSSR count). The van der Waals surface area contributed by atoms with Crippen LogP contribution in [0.25, 0.3) is 0 Å². The summed E-state index contributed by atoms with van der Waals surface area (Å²) in [5.74, 6) is 1.01. The fourth-order valence-electron chi connectivity index (χ4n) is 2.06. The summed E-state index contributed by atoms with van der Waals surface area (Å²) in [5, 5.41) is 0. The Labute approximate surface area is 130 Å². The van der Waals surface area contributed by atoms with Gasteiger partial charge in [-0.3, -0.25) is 4.79 Å². The van der Waals surface area contributed by atoms with Gasteiger partial charge in [-0.1, -0.05) is 32.0 Å². The van der Waals surface area contributed by atoms with Gasteiger partial charge in [0.15, 0.2) is 5.76 Å². The summed E-state index contributed by atoms with van der Waals surface area (Å²) in [4.78, 5) is 13.9. The van der Waals surface area contributed by atoms with E-state index in [1.165, 1.54) is 0 Å². The van der Waals surface area contributed by atoms with Crippen molar-refractivity contribution in [3.63, 3.8) is 0 Å². The summed E-state index contributed by atoms with van der Waals surface area (Å²) < 4.78 is 11.0. The highest BCUT2D eigenvalue weighted by Gasteiger charge is 2.23. The average molecular weight is 302 g/mol. The van der Waals surface area contributed by atoms with E-state index in [1.54, 1.807) is 24.1 Å². The molecule has 0 aliphatic carbocycles. The summed E-state index contributed by atoms with van der Waals surface area (Å²) in [6.07, 6.45) is 0. The zero-order chi connectivity index (χ0) is 16.2. The van der Waals surface area contributed by atoms with Gasteiger partial charge in [0.25, 0.3) is 11.9 Å². The lowest BCUT2D eigenvalue weighted by molar-refractivity contribution is 0.0704. The summed E-state index contributed by atoms with van der Waals surface area (Å²) in [6.45, 7) is 5.09. The number of benzene rings is 1. The first-order valence-corrected chi connectivity index (χ1v) is 7.19. The maximum Gasteiger partial charge on any atom is 0.290 e. The minimum Gasteiger partial charge on any atom is -0.426 e. The number of carbonyl (C=O) groups excluding carboxylic acids is 1. The lowest BCUT2D eigenvalue weighted by Gasteiger charge is -2.28. The predicted molar refractivity (Wildman–Crippen MR) is 85.0 cm³/mol. The first-order valence-electron chi connectivity index (χ1n) is 7.19. The second kappa shape index (κ2) is 6.66. The van der Waals surface area contributed by atoms with E-state index in [2.05, 4.69) is 0 Å². The van der Waals surface area contributed by atoms with Gasteiger partial charge in [-0.05, 0) is 30.2 Å². The molecule has 0 atom stereocenters. The average Bonchev–Trinajstić information content (AvgIpc) is 2.95. The molecule has 0 fully saturated rings. The van der Waals surface area contributed by atoms with E-state index in [9.17, 15) is 4.79 Å². The molecule has 2 aromatic rings. The number of para-hydroxylation sites is 1. The highest BCUT2D eigenvalue weighted by Crippen LogP contribution is 2.24. The number of amides is 1. The van der Waals surface area contributed by atoms with Crippen LogP contribution in [0.3, 0.4) is 0 Å². The first kappa shape index (κ1) is 16.1. The number of furan rings is 1. The Kier molecular flexibility index (Phi) is 4.88. The molecule has 1 aromatic heterocycles. The van der Waals surface area contributed by atoms with E-state index in [1.807, 2.05) is 44.2 Å². The van der Waals surface area contributed by atoms with Gasteiger partial charge in [-0.2, -0.15) is 0 Å². The van der Waals surface area contributed by atoms with Gasteiger partial charge in [0.05, 0.1) is 0 Å². The molecular weight excluding hydrogens is 280 g/mol. The maximum absolute atomic E-state index is 12.3. The summed E-state index contributed by atoms with van der Waals surface area (Å²) in [7, 11) is 1.74. The Hall–Kier alpha value is -2.27. The molecule has 0 radical (unpaired) electrons. The van der Waals surface area contributed by atoms with Gasteiger partial charge in [-0.25, -0.2) is 0 Å². The zero-order valence-corrected chi connectivity index (χ0v) is 13.2. The molecular formula is C17H22N2O3. The molecule has 1 amide bonds. The molecule has 0 aliphatic rings. The van der Waals surface area contributed by atoms with Crippen LogP contribution in [0.4, 0.5) is 0 Å². The van der Waals surface area contributed by atoms with Crippen LogP contribution in [-0.2, 0) is 0 Å². The van der Waals surface area contributed by atoms with Gasteiger partial charge in [0.1, 0.15) is 5.75 Å². The van der Waals surface area contributed by atoms with Crippen molar-refractivity contribution in [1.82, 2.24) is 4.90 Å². The van der Waals surface area contributed by atoms with Crippen molar-refractivity contribution in [2.24, 2.45) is 11.1 Å². The molecule has 1 aromatic carbocycles. The number of nitrogens with zero attached hydrogens (tertiary/aromatic N) is 1. The van der Waals surface area contributed by atoms with Gasteiger partial charge in [0.2, 0.25) is 0 Å². The van der Waals surface area contributed by atoms with E-state index in [0.29, 0.717) is 24.8 Å². The molecule has 0 bridgehead atoms. The molecule has 0 aliphatic heterocycles. The minimum absolute atomic E-state index is 0.139. The molecule has 0 spiro atoms. The highest BCUT2D eigenvalue weighted by atomic mass is 16.6. The van der Waals surface area contributed by atoms with E-state index >= 15 is 0 Å². The third-order valence-corrected chi connectivity index (χ3v) is 3.32. The lowest BCUT2D eigenvalue weighted by Crippen LogP contribution is -2.39. The van der Waals surface area contributed by atoms with Crippen molar-refractivity contribution in [3.8, 4) is 11.7 Å². The van der Waals surface area contributed by atoms with Gasteiger partial charge in [-0.15, -0.1) is 0 Å². The molecule has 1 heterocycles. The van der Waals surface area contributed by atoms with E-state index in [-0.39, 0.29) is 17.1 Å². The van der Waals surface area contributed by atoms with Crippen LogP contribution in [0.5, 0.6) is 11.7 Å². The molecule has 22 heavy (non-hydrogen) atoms. The number of carbonyl (C=O) groups is 1. The largest absolute Gasteiger partial charge is 0.426 e. The van der Waals surface area contributed by atoms with Crippen molar-refractivity contribution >= 4 is 5.91 Å². The van der Waals surface area contributed by atoms with E-state index < -0.39 is 0 Å². The molecule has 5 nitrogen and oxygen atoms in total. The monoisotopic (exact) mass is 302 g/mol. The van der Waals surface area contributed by atoms with Crippen molar-refractivity contribution in [2.75, 3.05) is 20.1 Å². The van der Waals surface area contributed by atoms with Crippen LogP contribution >= 0.6 is 0 Å². The van der Waals surface area contributed by atoms with E-state index in [4.69, 9.17) is 14.9 Å². The summed E-state index contributed by atoms with van der Waals surface area (Å²) in [6, 6.07) is 12.5. The lowest BCUT2D eigenvalue weighted by atomic mass is 9.93. The second-order valence-electron chi connectivity index (χ2n) is 6.06. The Morgan fingerprint density at radius 2 is 1.91 bits per heavy atom. The molecule has 0 unspecified atom stereocenters. The Balaban J connectivity index is 2.03. The quantitative estimate of drug-likeness (QED) is 0.890. The van der Waals surface area contributed by atoms with Gasteiger partial charge >= 0.3 is 0 Å². The SMILES string of the molecule is CN(CC(C)(C)CN)C(=O)c1ccc(Oc2ccccc2)o1. The highest BCUT2D eigenvalue weighted by molar-refractivity contribution is 5.91. The Morgan fingerprint density at radius 1 is 1.23 bits per heavy atom. The summed E-state index contributed by atoms with van der Waals surface area (Å²) >= 11 is 0. The number of nitrogens with two attached hydrogens (primary N) is 1. The third-order valence-electron chi connectivity index (χ3n) is 3.32. The van der Waals surface area contributed by atoms with Gasteiger partial charge in [0, 0.05) is 19.7 Å². The van der Waals surface area contributed by atoms with Crippen molar-refractivity contribution in [1.29, 1.82) is 0 Å². The van der Waals surface area contributed by atoms with Crippen LogP contribution in [0, 0.1) is 5.41 Å². The maximum atomic E-state index is 12.3. The molecule has 2 N–H and O–H groups in total. The van der Waals surface area contributed by atoms with Crippen molar-refractivity contribution < 1.29 is 13.9 Å². The normalized spacial score (nSPS) is 11.3. The predicted octanol–water partition coefficient (Wildman–Crippen LogP) is 3.13. The number of rotatable bonds is 6. The third kappa shape index (κ3) is 4.11. The first-order chi connectivity index (χ1) is 10.4. The second-order valence-corrected chi connectivity index (χ2v) is 6.06. The Morgan fingerprint density at radius 3 is 2.55 bits per heavy atom. The van der Waals surface area contributed by atoms with E-state index in [0.717, 1.165) is 0 Å². The van der Waals surface area contributed by atoms with Crippen molar-refractivity contribution in [2.45, 2.75) is 13.8 Å². The fourth-order valence-corrected chi connectivity index (χ4v) is 2.06.